The summed E-state index contributed by atoms with van der Waals surface area (Å²) in [5.74, 6) is 1.23. The predicted molar refractivity (Wildman–Crippen MR) is 43.9 cm³/mol. The van der Waals surface area contributed by atoms with E-state index in [9.17, 15) is 17.6 Å². The normalized spacial score (nSPS) is 11.1. The highest BCUT2D eigenvalue weighted by molar-refractivity contribution is 5.29. The standard InChI is InChI=1S/C10H6F4/c1-2-3-7-4-8(10(12,13)14)6-9(11)5-7/h1,4-6H,3H2. The van der Waals surface area contributed by atoms with E-state index in [-0.39, 0.29) is 12.0 Å². The van der Waals surface area contributed by atoms with Gasteiger partial charge in [0.15, 0.2) is 0 Å². The van der Waals surface area contributed by atoms with Gasteiger partial charge in [-0.05, 0) is 23.8 Å². The monoisotopic (exact) mass is 202 g/mol. The molecule has 0 fully saturated rings. The van der Waals surface area contributed by atoms with Gasteiger partial charge in [-0.1, -0.05) is 0 Å². The van der Waals surface area contributed by atoms with Gasteiger partial charge in [0.2, 0.25) is 0 Å². The topological polar surface area (TPSA) is 0 Å². The van der Waals surface area contributed by atoms with Crippen LogP contribution in [-0.4, -0.2) is 0 Å². The van der Waals surface area contributed by atoms with Gasteiger partial charge in [0, 0.05) is 6.42 Å². The van der Waals surface area contributed by atoms with Crippen molar-refractivity contribution in [2.24, 2.45) is 0 Å². The molecule has 0 aliphatic carbocycles. The van der Waals surface area contributed by atoms with Gasteiger partial charge in [-0.15, -0.1) is 12.3 Å². The van der Waals surface area contributed by atoms with Crippen molar-refractivity contribution in [3.8, 4) is 12.3 Å². The first-order valence-electron chi connectivity index (χ1n) is 3.73. The fourth-order valence-electron chi connectivity index (χ4n) is 1.03. The van der Waals surface area contributed by atoms with Crippen molar-refractivity contribution >= 4 is 0 Å². The minimum atomic E-state index is -4.54. The first kappa shape index (κ1) is 10.6. The summed E-state index contributed by atoms with van der Waals surface area (Å²) in [4.78, 5) is 0. The highest BCUT2D eigenvalue weighted by atomic mass is 19.4. The van der Waals surface area contributed by atoms with Crippen molar-refractivity contribution in [2.75, 3.05) is 0 Å². The summed E-state index contributed by atoms with van der Waals surface area (Å²) in [6.07, 6.45) is 0.367. The summed E-state index contributed by atoms with van der Waals surface area (Å²) in [6, 6.07) is 2.29. The zero-order valence-electron chi connectivity index (χ0n) is 7.03. The van der Waals surface area contributed by atoms with Crippen LogP contribution in [0.2, 0.25) is 0 Å². The molecule has 14 heavy (non-hydrogen) atoms. The number of alkyl halides is 3. The van der Waals surface area contributed by atoms with Crippen molar-refractivity contribution in [1.82, 2.24) is 0 Å². The molecule has 0 aromatic heterocycles. The van der Waals surface area contributed by atoms with Gasteiger partial charge in [-0.2, -0.15) is 13.2 Å². The van der Waals surface area contributed by atoms with E-state index in [4.69, 9.17) is 6.42 Å². The van der Waals surface area contributed by atoms with Crippen molar-refractivity contribution in [1.29, 1.82) is 0 Å². The van der Waals surface area contributed by atoms with E-state index in [0.29, 0.717) is 6.07 Å². The van der Waals surface area contributed by atoms with Crippen LogP contribution in [0.4, 0.5) is 17.6 Å². The predicted octanol–water partition coefficient (Wildman–Crippen LogP) is 3.02. The molecule has 0 aliphatic rings. The molecule has 0 unspecified atom stereocenters. The lowest BCUT2D eigenvalue weighted by Gasteiger charge is -2.07. The Hall–Kier alpha value is -1.50. The fraction of sp³-hybridized carbons (Fsp3) is 0.200. The van der Waals surface area contributed by atoms with Gasteiger partial charge in [-0.25, -0.2) is 4.39 Å². The highest BCUT2D eigenvalue weighted by Crippen LogP contribution is 2.30. The maximum Gasteiger partial charge on any atom is 0.416 e. The number of terminal acetylenes is 1. The third-order valence-electron chi connectivity index (χ3n) is 1.59. The van der Waals surface area contributed by atoms with Crippen molar-refractivity contribution in [3.63, 3.8) is 0 Å². The van der Waals surface area contributed by atoms with Crippen LogP contribution >= 0.6 is 0 Å². The van der Waals surface area contributed by atoms with E-state index in [0.717, 1.165) is 12.1 Å². The summed E-state index contributed by atoms with van der Waals surface area (Å²) in [5, 5.41) is 0. The van der Waals surface area contributed by atoms with Crippen molar-refractivity contribution in [2.45, 2.75) is 12.6 Å². The lowest BCUT2D eigenvalue weighted by molar-refractivity contribution is -0.137. The van der Waals surface area contributed by atoms with Gasteiger partial charge in [0.05, 0.1) is 5.56 Å². The van der Waals surface area contributed by atoms with Crippen LogP contribution in [0.25, 0.3) is 0 Å². The van der Waals surface area contributed by atoms with Crippen molar-refractivity contribution < 1.29 is 17.6 Å². The Morgan fingerprint density at radius 1 is 1.21 bits per heavy atom. The Morgan fingerprint density at radius 2 is 1.86 bits per heavy atom. The van der Waals surface area contributed by atoms with E-state index in [1.807, 2.05) is 0 Å². The summed E-state index contributed by atoms with van der Waals surface area (Å²) in [7, 11) is 0. The molecule has 0 spiro atoms. The van der Waals surface area contributed by atoms with E-state index < -0.39 is 17.6 Å². The molecular formula is C10H6F4. The molecule has 0 N–H and O–H groups in total. The quantitative estimate of drug-likeness (QED) is 0.485. The Morgan fingerprint density at radius 3 is 2.36 bits per heavy atom. The molecule has 0 nitrogen and oxygen atoms in total. The molecule has 0 bridgehead atoms. The van der Waals surface area contributed by atoms with Crippen LogP contribution in [-0.2, 0) is 12.6 Å². The van der Waals surface area contributed by atoms with Gasteiger partial charge in [-0.3, -0.25) is 0 Å². The summed E-state index contributed by atoms with van der Waals surface area (Å²) < 4.78 is 49.2. The first-order chi connectivity index (χ1) is 6.43. The van der Waals surface area contributed by atoms with Gasteiger partial charge >= 0.3 is 6.18 Å². The summed E-state index contributed by atoms with van der Waals surface area (Å²) >= 11 is 0. The molecule has 0 aliphatic heterocycles. The largest absolute Gasteiger partial charge is 0.416 e. The Labute approximate surface area is 78.6 Å². The minimum absolute atomic E-state index is 0.0131. The lowest BCUT2D eigenvalue weighted by Crippen LogP contribution is -2.06. The number of halogens is 4. The van der Waals surface area contributed by atoms with Gasteiger partial charge < -0.3 is 0 Å². The average Bonchev–Trinajstić information content (AvgIpc) is 2.02. The van der Waals surface area contributed by atoms with E-state index in [2.05, 4.69) is 5.92 Å². The Kier molecular flexibility index (Phi) is 2.80. The molecule has 4 heteroatoms. The van der Waals surface area contributed by atoms with Crippen LogP contribution in [0.3, 0.4) is 0 Å². The molecule has 0 saturated heterocycles. The van der Waals surface area contributed by atoms with Gasteiger partial charge in [0.1, 0.15) is 5.82 Å². The fourth-order valence-corrected chi connectivity index (χ4v) is 1.03. The molecule has 0 heterocycles. The molecule has 1 aromatic carbocycles. The minimum Gasteiger partial charge on any atom is -0.207 e. The maximum atomic E-state index is 12.7. The van der Waals surface area contributed by atoms with Gasteiger partial charge in [0.25, 0.3) is 0 Å². The van der Waals surface area contributed by atoms with Crippen LogP contribution in [0.1, 0.15) is 11.1 Å². The molecular weight excluding hydrogens is 196 g/mol. The number of benzene rings is 1. The molecule has 74 valence electrons. The molecule has 0 saturated carbocycles. The Balaban J connectivity index is 3.15. The summed E-state index contributed by atoms with van der Waals surface area (Å²) in [5.41, 5.74) is -0.859. The smallest absolute Gasteiger partial charge is 0.207 e. The SMILES string of the molecule is C#CCc1cc(F)cc(C(F)(F)F)c1. The summed E-state index contributed by atoms with van der Waals surface area (Å²) in [6.45, 7) is 0. The molecule has 0 radical (unpaired) electrons. The van der Waals surface area contributed by atoms with E-state index in [1.54, 1.807) is 0 Å². The zero-order chi connectivity index (χ0) is 10.8. The third-order valence-corrected chi connectivity index (χ3v) is 1.59. The van der Waals surface area contributed by atoms with Crippen LogP contribution < -0.4 is 0 Å². The number of hydrogen-bond donors (Lipinski definition) is 0. The molecule has 1 rings (SSSR count). The first-order valence-corrected chi connectivity index (χ1v) is 3.73. The number of rotatable bonds is 1. The van der Waals surface area contributed by atoms with Crippen LogP contribution in [0, 0.1) is 18.2 Å². The molecule has 0 atom stereocenters. The number of hydrogen-bond acceptors (Lipinski definition) is 0. The third kappa shape index (κ3) is 2.49. The van der Waals surface area contributed by atoms with Crippen LogP contribution in [0.5, 0.6) is 0 Å². The second-order valence-electron chi connectivity index (χ2n) is 2.73. The van der Waals surface area contributed by atoms with Crippen LogP contribution in [0.15, 0.2) is 18.2 Å². The molecule has 0 amide bonds. The van der Waals surface area contributed by atoms with E-state index in [1.165, 1.54) is 0 Å². The average molecular weight is 202 g/mol. The second-order valence-corrected chi connectivity index (χ2v) is 2.73. The van der Waals surface area contributed by atoms with E-state index >= 15 is 0 Å². The Bertz CT molecular complexity index is 371. The molecule has 1 aromatic rings. The maximum absolute atomic E-state index is 12.7. The zero-order valence-corrected chi connectivity index (χ0v) is 7.03. The van der Waals surface area contributed by atoms with Crippen molar-refractivity contribution in [3.05, 3.63) is 35.1 Å². The lowest BCUT2D eigenvalue weighted by atomic mass is 10.1. The second kappa shape index (κ2) is 3.70. The highest BCUT2D eigenvalue weighted by Gasteiger charge is 2.31.